The van der Waals surface area contributed by atoms with Gasteiger partial charge in [-0.15, -0.1) is 0 Å². The molecule has 0 N–H and O–H groups in total. The van der Waals surface area contributed by atoms with E-state index in [-0.39, 0.29) is 0 Å². The van der Waals surface area contributed by atoms with Crippen molar-refractivity contribution in [2.45, 2.75) is 40.2 Å². The van der Waals surface area contributed by atoms with Crippen LogP contribution in [0.2, 0.25) is 0 Å². The first kappa shape index (κ1) is 13.0. The summed E-state index contributed by atoms with van der Waals surface area (Å²) in [7, 11) is 0. The van der Waals surface area contributed by atoms with Gasteiger partial charge in [-0.05, 0) is 31.0 Å². The average molecular weight is 245 g/mol. The van der Waals surface area contributed by atoms with Crippen molar-refractivity contribution in [1.29, 1.82) is 0 Å². The number of fused-ring (bicyclic) bond motifs is 1. The molecule has 2 nitrogen and oxygen atoms in total. The Morgan fingerprint density at radius 1 is 1.11 bits per heavy atom. The summed E-state index contributed by atoms with van der Waals surface area (Å²) in [4.78, 5) is 0. The molecule has 2 heteroatoms. The van der Waals surface area contributed by atoms with Crippen LogP contribution in [0.25, 0.3) is 10.9 Å². The zero-order valence-corrected chi connectivity index (χ0v) is 11.6. The first-order chi connectivity index (χ1) is 8.80. The Kier molecular flexibility index (Phi) is 4.29. The van der Waals surface area contributed by atoms with Crippen molar-refractivity contribution in [2.75, 3.05) is 6.61 Å². The summed E-state index contributed by atoms with van der Waals surface area (Å²) in [5.74, 6) is 1.76. The molecule has 0 bridgehead atoms. The highest BCUT2D eigenvalue weighted by molar-refractivity contribution is 5.86. The van der Waals surface area contributed by atoms with Crippen LogP contribution in [0.5, 0.6) is 5.75 Å². The van der Waals surface area contributed by atoms with E-state index in [2.05, 4.69) is 42.8 Å². The summed E-state index contributed by atoms with van der Waals surface area (Å²) in [6.45, 7) is 8.39. The highest BCUT2D eigenvalue weighted by atomic mass is 16.5. The van der Waals surface area contributed by atoms with Crippen LogP contribution in [-0.2, 0) is 6.54 Å². The van der Waals surface area contributed by atoms with Gasteiger partial charge in [0.25, 0.3) is 0 Å². The molecule has 0 saturated heterocycles. The lowest BCUT2D eigenvalue weighted by Gasteiger charge is -2.14. The average Bonchev–Trinajstić information content (AvgIpc) is 2.80. The van der Waals surface area contributed by atoms with Crippen molar-refractivity contribution in [3.8, 4) is 5.75 Å². The van der Waals surface area contributed by atoms with E-state index in [1.165, 1.54) is 23.7 Å². The first-order valence-corrected chi connectivity index (χ1v) is 7.00. The minimum absolute atomic E-state index is 0.719. The molecular formula is C16H23NO. The predicted octanol–water partition coefficient (Wildman–Crippen LogP) is 4.48. The van der Waals surface area contributed by atoms with Crippen molar-refractivity contribution < 1.29 is 4.74 Å². The van der Waals surface area contributed by atoms with Crippen LogP contribution in [0.4, 0.5) is 0 Å². The van der Waals surface area contributed by atoms with Gasteiger partial charge in [-0.25, -0.2) is 0 Å². The van der Waals surface area contributed by atoms with Gasteiger partial charge in [-0.2, -0.15) is 0 Å². The molecule has 98 valence electrons. The van der Waals surface area contributed by atoms with Crippen LogP contribution < -0.4 is 4.74 Å². The molecule has 0 fully saturated rings. The first-order valence-electron chi connectivity index (χ1n) is 7.00. The van der Waals surface area contributed by atoms with Crippen LogP contribution in [0.15, 0.2) is 30.5 Å². The van der Waals surface area contributed by atoms with Crippen LogP contribution >= 0.6 is 0 Å². The van der Waals surface area contributed by atoms with E-state index in [0.29, 0.717) is 0 Å². The maximum Gasteiger partial charge on any atom is 0.128 e. The Balaban J connectivity index is 2.33. The molecule has 0 aliphatic carbocycles. The number of nitrogens with zero attached hydrogens (tertiary/aromatic N) is 1. The van der Waals surface area contributed by atoms with E-state index in [4.69, 9.17) is 4.74 Å². The van der Waals surface area contributed by atoms with E-state index < -0.39 is 0 Å². The fourth-order valence-corrected chi connectivity index (χ4v) is 2.46. The fourth-order valence-electron chi connectivity index (χ4n) is 2.46. The quantitative estimate of drug-likeness (QED) is 0.732. The molecule has 0 atom stereocenters. The number of aromatic nitrogens is 1. The van der Waals surface area contributed by atoms with E-state index in [1.54, 1.807) is 0 Å². The lowest BCUT2D eigenvalue weighted by molar-refractivity contribution is 0.344. The van der Waals surface area contributed by atoms with E-state index in [9.17, 15) is 0 Å². The second kappa shape index (κ2) is 5.94. The van der Waals surface area contributed by atoms with Crippen LogP contribution in [0.3, 0.4) is 0 Å². The zero-order chi connectivity index (χ0) is 13.0. The Morgan fingerprint density at radius 2 is 1.89 bits per heavy atom. The van der Waals surface area contributed by atoms with Gasteiger partial charge in [0.1, 0.15) is 5.75 Å². The van der Waals surface area contributed by atoms with Gasteiger partial charge in [0.15, 0.2) is 0 Å². The molecule has 0 unspecified atom stereocenters. The minimum atomic E-state index is 0.719. The maximum absolute atomic E-state index is 5.68. The van der Waals surface area contributed by atoms with Gasteiger partial charge in [-0.1, -0.05) is 32.8 Å². The Morgan fingerprint density at radius 3 is 2.56 bits per heavy atom. The molecular weight excluding hydrogens is 222 g/mol. The van der Waals surface area contributed by atoms with Gasteiger partial charge in [-0.3, -0.25) is 0 Å². The smallest absolute Gasteiger partial charge is 0.128 e. The Hall–Kier alpha value is -1.44. The van der Waals surface area contributed by atoms with Gasteiger partial charge in [0.2, 0.25) is 0 Å². The standard InChI is InChI=1S/C16H23NO/c1-4-13(5-2)12-17-11-10-14-15(17)8-7-9-16(14)18-6-3/h7-11,13H,4-6,12H2,1-3H3. The fraction of sp³-hybridized carbons (Fsp3) is 0.500. The van der Waals surface area contributed by atoms with Gasteiger partial charge in [0.05, 0.1) is 12.1 Å². The Labute approximate surface area is 110 Å². The summed E-state index contributed by atoms with van der Waals surface area (Å²) in [5, 5.41) is 1.23. The predicted molar refractivity (Wildman–Crippen MR) is 77.2 cm³/mol. The number of ether oxygens (including phenoxy) is 1. The highest BCUT2D eigenvalue weighted by Crippen LogP contribution is 2.27. The second-order valence-corrected chi connectivity index (χ2v) is 4.77. The van der Waals surface area contributed by atoms with Gasteiger partial charge >= 0.3 is 0 Å². The van der Waals surface area contributed by atoms with E-state index >= 15 is 0 Å². The third-order valence-corrected chi connectivity index (χ3v) is 3.68. The van der Waals surface area contributed by atoms with Crippen LogP contribution in [0, 0.1) is 5.92 Å². The molecule has 0 spiro atoms. The van der Waals surface area contributed by atoms with E-state index in [0.717, 1.165) is 24.8 Å². The van der Waals surface area contributed by atoms with Crippen LogP contribution in [0.1, 0.15) is 33.6 Å². The summed E-state index contributed by atoms with van der Waals surface area (Å²) in [6, 6.07) is 8.48. The number of hydrogen-bond donors (Lipinski definition) is 0. The molecule has 2 aromatic rings. The SMILES string of the molecule is CCOc1cccc2c1ccn2CC(CC)CC. The van der Waals surface area contributed by atoms with Crippen molar-refractivity contribution in [2.24, 2.45) is 5.92 Å². The van der Waals surface area contributed by atoms with E-state index in [1.807, 2.05) is 13.0 Å². The molecule has 18 heavy (non-hydrogen) atoms. The topological polar surface area (TPSA) is 14.2 Å². The van der Waals surface area contributed by atoms with Crippen molar-refractivity contribution in [1.82, 2.24) is 4.57 Å². The molecule has 0 saturated carbocycles. The third-order valence-electron chi connectivity index (χ3n) is 3.68. The lowest BCUT2D eigenvalue weighted by Crippen LogP contribution is -2.07. The Bertz CT molecular complexity index is 497. The molecule has 0 amide bonds. The number of rotatable bonds is 6. The monoisotopic (exact) mass is 245 g/mol. The molecule has 0 radical (unpaired) electrons. The molecule has 1 heterocycles. The summed E-state index contributed by atoms with van der Waals surface area (Å²) in [6.07, 6.45) is 4.66. The molecule has 0 aliphatic heterocycles. The largest absolute Gasteiger partial charge is 0.493 e. The lowest BCUT2D eigenvalue weighted by atomic mass is 10.0. The summed E-state index contributed by atoms with van der Waals surface area (Å²) >= 11 is 0. The number of hydrogen-bond acceptors (Lipinski definition) is 1. The highest BCUT2D eigenvalue weighted by Gasteiger charge is 2.09. The van der Waals surface area contributed by atoms with Crippen molar-refractivity contribution in [3.05, 3.63) is 30.5 Å². The summed E-state index contributed by atoms with van der Waals surface area (Å²) < 4.78 is 8.03. The van der Waals surface area contributed by atoms with Gasteiger partial charge < -0.3 is 9.30 Å². The molecule has 2 rings (SSSR count). The second-order valence-electron chi connectivity index (χ2n) is 4.77. The minimum Gasteiger partial charge on any atom is -0.493 e. The third kappa shape index (κ3) is 2.53. The molecule has 0 aliphatic rings. The molecule has 1 aromatic carbocycles. The molecule has 1 aromatic heterocycles. The van der Waals surface area contributed by atoms with Crippen molar-refractivity contribution >= 4 is 10.9 Å². The normalized spacial score (nSPS) is 11.3. The maximum atomic E-state index is 5.68. The van der Waals surface area contributed by atoms with Gasteiger partial charge in [0, 0.05) is 18.1 Å². The van der Waals surface area contributed by atoms with Crippen LogP contribution in [-0.4, -0.2) is 11.2 Å². The van der Waals surface area contributed by atoms with Crippen molar-refractivity contribution in [3.63, 3.8) is 0 Å². The summed E-state index contributed by atoms with van der Waals surface area (Å²) in [5.41, 5.74) is 1.29. The number of benzene rings is 1. The zero-order valence-electron chi connectivity index (χ0n) is 11.6.